The maximum Gasteiger partial charge on any atom is 0.416 e. The van der Waals surface area contributed by atoms with Gasteiger partial charge in [0, 0.05) is 5.69 Å². The number of halogens is 3. The van der Waals surface area contributed by atoms with E-state index in [1.807, 2.05) is 24.3 Å². The number of nitrogens with zero attached hydrogens (tertiary/aromatic N) is 1. The van der Waals surface area contributed by atoms with E-state index in [0.29, 0.717) is 0 Å². The maximum absolute atomic E-state index is 12.9. The molecule has 2 rings (SSSR count). The summed E-state index contributed by atoms with van der Waals surface area (Å²) in [6.45, 7) is 6.53. The monoisotopic (exact) mass is 349 g/mol. The van der Waals surface area contributed by atoms with E-state index in [1.165, 1.54) is 17.0 Å². The third-order valence-electron chi connectivity index (χ3n) is 3.94. The van der Waals surface area contributed by atoms with Gasteiger partial charge in [0.2, 0.25) is 0 Å². The van der Waals surface area contributed by atoms with Crippen LogP contribution in [0, 0.1) is 5.41 Å². The van der Waals surface area contributed by atoms with Gasteiger partial charge in [-0.25, -0.2) is 0 Å². The highest BCUT2D eigenvalue weighted by atomic mass is 19.4. The van der Waals surface area contributed by atoms with E-state index in [9.17, 15) is 13.2 Å². The second kappa shape index (κ2) is 6.78. The van der Waals surface area contributed by atoms with Gasteiger partial charge in [-0.05, 0) is 34.7 Å². The molecule has 0 heterocycles. The standard InChI is InChI=1S/C19H22F3N3/c1-18(2,3)14-9-7-13(8-10-14)12-25(17(23)24)16-6-4-5-15(11-16)19(20,21)22/h4-11H,12H2,1-3H3,(H3,23,24). The summed E-state index contributed by atoms with van der Waals surface area (Å²) in [6, 6.07) is 12.6. The van der Waals surface area contributed by atoms with Gasteiger partial charge in [-0.3, -0.25) is 5.41 Å². The third kappa shape index (κ3) is 4.75. The Hall–Kier alpha value is -2.50. The van der Waals surface area contributed by atoms with Gasteiger partial charge in [-0.1, -0.05) is 51.1 Å². The second-order valence-corrected chi connectivity index (χ2v) is 6.97. The first-order valence-corrected chi connectivity index (χ1v) is 7.87. The molecule has 0 aliphatic heterocycles. The minimum Gasteiger partial charge on any atom is -0.370 e. The molecule has 0 saturated carbocycles. The average molecular weight is 349 g/mol. The van der Waals surface area contributed by atoms with Crippen molar-refractivity contribution in [3.8, 4) is 0 Å². The van der Waals surface area contributed by atoms with Crippen molar-refractivity contribution in [3.05, 3.63) is 65.2 Å². The number of hydrogen-bond donors (Lipinski definition) is 2. The number of alkyl halides is 3. The summed E-state index contributed by atoms with van der Waals surface area (Å²) in [5.74, 6) is -0.306. The molecule has 0 amide bonds. The van der Waals surface area contributed by atoms with Gasteiger partial charge in [0.15, 0.2) is 5.96 Å². The van der Waals surface area contributed by atoms with E-state index >= 15 is 0 Å². The highest BCUT2D eigenvalue weighted by Gasteiger charge is 2.31. The SMILES string of the molecule is CC(C)(C)c1ccc(CN(C(=N)N)c2cccc(C(F)(F)F)c2)cc1. The van der Waals surface area contributed by atoms with E-state index in [2.05, 4.69) is 20.8 Å². The van der Waals surface area contributed by atoms with Crippen LogP contribution < -0.4 is 10.6 Å². The molecule has 25 heavy (non-hydrogen) atoms. The van der Waals surface area contributed by atoms with E-state index < -0.39 is 11.7 Å². The molecule has 0 aromatic heterocycles. The van der Waals surface area contributed by atoms with Crippen LogP contribution in [0.5, 0.6) is 0 Å². The van der Waals surface area contributed by atoms with Crippen LogP contribution >= 0.6 is 0 Å². The lowest BCUT2D eigenvalue weighted by Crippen LogP contribution is -2.36. The number of nitrogens with one attached hydrogen (secondary N) is 1. The first-order valence-electron chi connectivity index (χ1n) is 7.87. The molecule has 6 heteroatoms. The lowest BCUT2D eigenvalue weighted by molar-refractivity contribution is -0.137. The number of nitrogens with two attached hydrogens (primary N) is 1. The number of benzene rings is 2. The molecular weight excluding hydrogens is 327 g/mol. The second-order valence-electron chi connectivity index (χ2n) is 6.97. The molecule has 0 saturated heterocycles. The summed E-state index contributed by atoms with van der Waals surface area (Å²) >= 11 is 0. The van der Waals surface area contributed by atoms with Crippen LogP contribution in [0.2, 0.25) is 0 Å². The first-order chi connectivity index (χ1) is 11.5. The van der Waals surface area contributed by atoms with Crippen molar-refractivity contribution in [1.29, 1.82) is 5.41 Å². The Labute approximate surface area is 145 Å². The van der Waals surface area contributed by atoms with Gasteiger partial charge in [0.1, 0.15) is 0 Å². The van der Waals surface area contributed by atoms with Crippen LogP contribution in [0.15, 0.2) is 48.5 Å². The molecule has 0 fully saturated rings. The molecule has 2 aromatic rings. The zero-order valence-electron chi connectivity index (χ0n) is 14.5. The number of rotatable bonds is 3. The molecule has 3 nitrogen and oxygen atoms in total. The molecule has 0 aliphatic carbocycles. The predicted molar refractivity (Wildman–Crippen MR) is 94.7 cm³/mol. The number of guanidine groups is 1. The van der Waals surface area contributed by atoms with Gasteiger partial charge in [0.25, 0.3) is 0 Å². The average Bonchev–Trinajstić information content (AvgIpc) is 2.51. The van der Waals surface area contributed by atoms with E-state index in [-0.39, 0.29) is 23.6 Å². The van der Waals surface area contributed by atoms with Crippen LogP contribution in [-0.4, -0.2) is 5.96 Å². The zero-order valence-corrected chi connectivity index (χ0v) is 14.5. The molecule has 0 radical (unpaired) electrons. The molecule has 134 valence electrons. The highest BCUT2D eigenvalue weighted by Crippen LogP contribution is 2.32. The maximum atomic E-state index is 12.9. The molecule has 0 atom stereocenters. The van der Waals surface area contributed by atoms with Crippen LogP contribution in [0.3, 0.4) is 0 Å². The Morgan fingerprint density at radius 1 is 1.00 bits per heavy atom. The Morgan fingerprint density at radius 3 is 2.08 bits per heavy atom. The largest absolute Gasteiger partial charge is 0.416 e. The van der Waals surface area contributed by atoms with Crippen molar-refractivity contribution < 1.29 is 13.2 Å². The van der Waals surface area contributed by atoms with Crippen LogP contribution in [0.4, 0.5) is 18.9 Å². The molecule has 0 bridgehead atoms. The molecule has 0 unspecified atom stereocenters. The molecule has 3 N–H and O–H groups in total. The smallest absolute Gasteiger partial charge is 0.370 e. The summed E-state index contributed by atoms with van der Waals surface area (Å²) < 4.78 is 38.7. The highest BCUT2D eigenvalue weighted by molar-refractivity contribution is 5.92. The van der Waals surface area contributed by atoms with Crippen molar-refractivity contribution in [2.75, 3.05) is 4.90 Å². The molecule has 0 aliphatic rings. The van der Waals surface area contributed by atoms with Gasteiger partial charge >= 0.3 is 6.18 Å². The molecule has 0 spiro atoms. The fraction of sp³-hybridized carbons (Fsp3) is 0.316. The summed E-state index contributed by atoms with van der Waals surface area (Å²) in [5, 5.41) is 7.73. The van der Waals surface area contributed by atoms with Gasteiger partial charge in [-0.2, -0.15) is 13.2 Å². The van der Waals surface area contributed by atoms with Gasteiger partial charge in [-0.15, -0.1) is 0 Å². The van der Waals surface area contributed by atoms with Crippen molar-refractivity contribution in [2.45, 2.75) is 38.9 Å². The normalized spacial score (nSPS) is 12.1. The Morgan fingerprint density at radius 2 is 1.60 bits per heavy atom. The summed E-state index contributed by atoms with van der Waals surface area (Å²) in [6.07, 6.45) is -4.44. The quantitative estimate of drug-likeness (QED) is 0.611. The van der Waals surface area contributed by atoms with E-state index in [0.717, 1.165) is 23.3 Å². The van der Waals surface area contributed by atoms with Crippen LogP contribution in [-0.2, 0) is 18.1 Å². The lowest BCUT2D eigenvalue weighted by Gasteiger charge is -2.24. The van der Waals surface area contributed by atoms with Crippen molar-refractivity contribution in [2.24, 2.45) is 5.73 Å². The Bertz CT molecular complexity index is 744. The molecule has 2 aromatic carbocycles. The number of hydrogen-bond acceptors (Lipinski definition) is 1. The summed E-state index contributed by atoms with van der Waals surface area (Å²) in [5.41, 5.74) is 7.11. The minimum absolute atomic E-state index is 0.0137. The Balaban J connectivity index is 2.29. The van der Waals surface area contributed by atoms with E-state index in [1.54, 1.807) is 0 Å². The topological polar surface area (TPSA) is 53.1 Å². The van der Waals surface area contributed by atoms with Crippen molar-refractivity contribution in [3.63, 3.8) is 0 Å². The van der Waals surface area contributed by atoms with Crippen LogP contribution in [0.25, 0.3) is 0 Å². The lowest BCUT2D eigenvalue weighted by atomic mass is 9.87. The predicted octanol–water partition coefficient (Wildman–Crippen LogP) is 4.90. The fourth-order valence-corrected chi connectivity index (χ4v) is 2.46. The fourth-order valence-electron chi connectivity index (χ4n) is 2.46. The first kappa shape index (κ1) is 18.8. The summed E-state index contributed by atoms with van der Waals surface area (Å²) in [7, 11) is 0. The minimum atomic E-state index is -4.44. The van der Waals surface area contributed by atoms with Crippen molar-refractivity contribution in [1.82, 2.24) is 0 Å². The zero-order chi connectivity index (χ0) is 18.8. The van der Waals surface area contributed by atoms with Crippen LogP contribution in [0.1, 0.15) is 37.5 Å². The summed E-state index contributed by atoms with van der Waals surface area (Å²) in [4.78, 5) is 1.35. The van der Waals surface area contributed by atoms with Gasteiger partial charge in [0.05, 0.1) is 12.1 Å². The Kier molecular flexibility index (Phi) is 5.11. The number of anilines is 1. The van der Waals surface area contributed by atoms with E-state index in [4.69, 9.17) is 11.1 Å². The van der Waals surface area contributed by atoms with Crippen molar-refractivity contribution >= 4 is 11.6 Å². The van der Waals surface area contributed by atoms with Gasteiger partial charge < -0.3 is 10.6 Å². The third-order valence-corrected chi connectivity index (χ3v) is 3.94. The molecular formula is C19H22F3N3.